The molecule has 0 aliphatic rings. The van der Waals surface area contributed by atoms with Gasteiger partial charge in [-0.2, -0.15) is 0 Å². The summed E-state index contributed by atoms with van der Waals surface area (Å²) < 4.78 is 10.8. The molecule has 0 aliphatic heterocycles. The molecule has 5 nitrogen and oxygen atoms in total. The number of hydrogen-bond acceptors (Lipinski definition) is 3. The van der Waals surface area contributed by atoms with Crippen LogP contribution >= 0.6 is 0 Å². The first-order chi connectivity index (χ1) is 16.3. The van der Waals surface area contributed by atoms with Gasteiger partial charge in [0.05, 0.1) is 25.5 Å². The van der Waals surface area contributed by atoms with Gasteiger partial charge in [-0.15, -0.1) is 0 Å². The Morgan fingerprint density at radius 2 is 1.63 bits per heavy atom. The van der Waals surface area contributed by atoms with Crippen molar-refractivity contribution in [3.8, 4) is 22.6 Å². The van der Waals surface area contributed by atoms with Crippen LogP contribution in [0.4, 0.5) is 0 Å². The van der Waals surface area contributed by atoms with Gasteiger partial charge in [0.2, 0.25) is 0 Å². The fraction of sp³-hybridized carbons (Fsp3) is 0.367. The highest BCUT2D eigenvalue weighted by Gasteiger charge is 2.26. The number of furan rings is 1. The van der Waals surface area contributed by atoms with Crippen molar-refractivity contribution in [2.75, 3.05) is 0 Å². The Morgan fingerprint density at radius 1 is 0.886 bits per heavy atom. The summed E-state index contributed by atoms with van der Waals surface area (Å²) in [5, 5.41) is 2.22. The number of hydrogen-bond donors (Lipinski definition) is 0. The average Bonchev–Trinajstić information content (AvgIpc) is 3.31. The molecule has 0 fully saturated rings. The van der Waals surface area contributed by atoms with Gasteiger partial charge >= 0.3 is 0 Å². The van der Waals surface area contributed by atoms with E-state index in [-0.39, 0.29) is 10.8 Å². The fourth-order valence-electron chi connectivity index (χ4n) is 4.63. The minimum Gasteiger partial charge on any atom is -0.455 e. The molecule has 0 atom stereocenters. The van der Waals surface area contributed by atoms with E-state index in [1.807, 2.05) is 0 Å². The lowest BCUT2D eigenvalue weighted by Crippen LogP contribution is -2.29. The highest BCUT2D eigenvalue weighted by Crippen LogP contribution is 2.38. The number of benzene rings is 2. The van der Waals surface area contributed by atoms with Gasteiger partial charge in [0.25, 0.3) is 5.82 Å². The van der Waals surface area contributed by atoms with Gasteiger partial charge in [0, 0.05) is 27.2 Å². The van der Waals surface area contributed by atoms with Crippen LogP contribution in [0.2, 0.25) is 0 Å². The topological polar surface area (TPSA) is 47.7 Å². The Hall–Kier alpha value is -3.47. The Kier molecular flexibility index (Phi) is 5.17. The smallest absolute Gasteiger partial charge is 0.292 e. The monoisotopic (exact) mass is 467 g/mol. The van der Waals surface area contributed by atoms with Gasteiger partial charge in [-0.25, -0.2) is 19.1 Å². The summed E-state index contributed by atoms with van der Waals surface area (Å²) in [6, 6.07) is 12.9. The van der Waals surface area contributed by atoms with Gasteiger partial charge in [0.1, 0.15) is 29.4 Å². The molecule has 3 aromatic heterocycles. The molecule has 0 aliphatic carbocycles. The molecular formula is C30H35N4O+. The molecule has 2 aromatic carbocycles. The Labute approximate surface area is 207 Å². The van der Waals surface area contributed by atoms with Crippen LogP contribution in [0.1, 0.15) is 58.6 Å². The first-order valence-corrected chi connectivity index (χ1v) is 12.2. The number of fused-ring (bicyclic) bond motifs is 3. The third-order valence-corrected chi connectivity index (χ3v) is 6.71. The van der Waals surface area contributed by atoms with Gasteiger partial charge in [-0.1, -0.05) is 53.7 Å². The lowest BCUT2D eigenvalue weighted by molar-refractivity contribution is -0.659. The molecule has 0 N–H and O–H groups in total. The zero-order valence-corrected chi connectivity index (χ0v) is 22.3. The maximum Gasteiger partial charge on any atom is 0.292 e. The molecule has 0 unspecified atom stereocenters. The summed E-state index contributed by atoms with van der Waals surface area (Å²) in [5.74, 6) is 1.99. The van der Waals surface area contributed by atoms with Crippen molar-refractivity contribution >= 4 is 21.9 Å². The fourth-order valence-corrected chi connectivity index (χ4v) is 4.63. The molecule has 0 bridgehead atoms. The molecule has 0 amide bonds. The maximum atomic E-state index is 6.49. The van der Waals surface area contributed by atoms with Gasteiger partial charge in [0.15, 0.2) is 5.58 Å². The van der Waals surface area contributed by atoms with Crippen molar-refractivity contribution in [2.45, 2.75) is 59.3 Å². The van der Waals surface area contributed by atoms with Crippen LogP contribution in [0.25, 0.3) is 44.6 Å². The number of aryl methyl sites for hydroxylation is 3. The van der Waals surface area contributed by atoms with E-state index in [0.717, 1.165) is 56.1 Å². The summed E-state index contributed by atoms with van der Waals surface area (Å²) in [5.41, 5.74) is 6.99. The first kappa shape index (κ1) is 23.3. The molecule has 5 heteroatoms. The van der Waals surface area contributed by atoms with Crippen molar-refractivity contribution < 1.29 is 8.98 Å². The SMILES string of the molecule is Cc1ccc2c(oc3ccc(-c4cc(C(C)(C)C)nc(C(C)(C)C)n4)cc32)c1-c1n(C)cc[n+]1C. The summed E-state index contributed by atoms with van der Waals surface area (Å²) in [6.07, 6.45) is 4.15. The standard InChI is InChI=1S/C30H35N4O/c1-18-10-12-20-21-16-19(22-17-24(29(2,3)4)32-28(31-22)30(5,6)7)11-13-23(21)35-26(20)25(18)27-33(8)14-15-34(27)9/h10-17H,1-9H3/q+1. The molecule has 0 spiro atoms. The lowest BCUT2D eigenvalue weighted by Gasteiger charge is -2.23. The largest absolute Gasteiger partial charge is 0.455 e. The summed E-state index contributed by atoms with van der Waals surface area (Å²) >= 11 is 0. The second-order valence-electron chi connectivity index (χ2n) is 11.8. The lowest BCUT2D eigenvalue weighted by atomic mass is 9.89. The second-order valence-corrected chi connectivity index (χ2v) is 11.8. The van der Waals surface area contributed by atoms with Crippen molar-refractivity contribution in [3.05, 3.63) is 65.9 Å². The Morgan fingerprint density at radius 3 is 2.26 bits per heavy atom. The minimum absolute atomic E-state index is 0.0683. The molecule has 5 aromatic rings. The molecule has 5 rings (SSSR count). The summed E-state index contributed by atoms with van der Waals surface area (Å²) in [4.78, 5) is 9.94. The van der Waals surface area contributed by atoms with Crippen LogP contribution in [0.3, 0.4) is 0 Å². The number of aromatic nitrogens is 4. The highest BCUT2D eigenvalue weighted by atomic mass is 16.3. The highest BCUT2D eigenvalue weighted by molar-refractivity contribution is 6.10. The zero-order valence-electron chi connectivity index (χ0n) is 22.3. The summed E-state index contributed by atoms with van der Waals surface area (Å²) in [7, 11) is 4.15. The van der Waals surface area contributed by atoms with Crippen LogP contribution in [-0.4, -0.2) is 14.5 Å². The molecule has 0 saturated carbocycles. The van der Waals surface area contributed by atoms with Gasteiger partial charge < -0.3 is 4.42 Å². The van der Waals surface area contributed by atoms with Crippen LogP contribution in [0.5, 0.6) is 0 Å². The van der Waals surface area contributed by atoms with Crippen LogP contribution in [-0.2, 0) is 24.9 Å². The van der Waals surface area contributed by atoms with Gasteiger partial charge in [-0.3, -0.25) is 0 Å². The van der Waals surface area contributed by atoms with Crippen molar-refractivity contribution in [1.82, 2.24) is 14.5 Å². The van der Waals surface area contributed by atoms with Crippen LogP contribution in [0.15, 0.2) is 53.2 Å². The third kappa shape index (κ3) is 3.93. The molecule has 35 heavy (non-hydrogen) atoms. The van der Waals surface area contributed by atoms with E-state index in [9.17, 15) is 0 Å². The third-order valence-electron chi connectivity index (χ3n) is 6.71. The molecule has 0 radical (unpaired) electrons. The molecular weight excluding hydrogens is 432 g/mol. The number of rotatable bonds is 2. The van der Waals surface area contributed by atoms with E-state index >= 15 is 0 Å². The number of nitrogens with zero attached hydrogens (tertiary/aromatic N) is 4. The molecule has 0 saturated heterocycles. The maximum absolute atomic E-state index is 6.49. The van der Waals surface area contributed by atoms with Crippen LogP contribution < -0.4 is 4.57 Å². The minimum atomic E-state index is -0.139. The predicted octanol–water partition coefficient (Wildman–Crippen LogP) is 6.78. The first-order valence-electron chi connectivity index (χ1n) is 12.2. The summed E-state index contributed by atoms with van der Waals surface area (Å²) in [6.45, 7) is 15.2. The van der Waals surface area contributed by atoms with E-state index in [2.05, 4.69) is 120 Å². The normalized spacial score (nSPS) is 12.7. The van der Waals surface area contributed by atoms with Crippen molar-refractivity contribution in [3.63, 3.8) is 0 Å². The predicted molar refractivity (Wildman–Crippen MR) is 142 cm³/mol. The van der Waals surface area contributed by atoms with Crippen molar-refractivity contribution in [1.29, 1.82) is 0 Å². The zero-order chi connectivity index (χ0) is 25.3. The van der Waals surface area contributed by atoms with E-state index in [4.69, 9.17) is 14.4 Å². The van der Waals surface area contributed by atoms with Crippen LogP contribution in [0, 0.1) is 6.92 Å². The van der Waals surface area contributed by atoms with E-state index in [1.165, 1.54) is 5.56 Å². The second kappa shape index (κ2) is 7.77. The molecule has 3 heterocycles. The Bertz CT molecular complexity index is 1540. The van der Waals surface area contributed by atoms with E-state index < -0.39 is 0 Å². The van der Waals surface area contributed by atoms with E-state index in [0.29, 0.717) is 0 Å². The molecule has 180 valence electrons. The van der Waals surface area contributed by atoms with Crippen molar-refractivity contribution in [2.24, 2.45) is 14.1 Å². The van der Waals surface area contributed by atoms with E-state index in [1.54, 1.807) is 0 Å². The quantitative estimate of drug-likeness (QED) is 0.269. The Balaban J connectivity index is 1.76. The van der Waals surface area contributed by atoms with Gasteiger partial charge in [-0.05, 0) is 36.8 Å². The number of imidazole rings is 1. The average molecular weight is 468 g/mol.